The largest absolute Gasteiger partial charge is 0.478 e. The predicted octanol–water partition coefficient (Wildman–Crippen LogP) is 6.38. The lowest BCUT2D eigenvalue weighted by atomic mass is 9.94. The van der Waals surface area contributed by atoms with Gasteiger partial charge in [0.2, 0.25) is 0 Å². The number of Topliss-reactive ketones (excluding diaryl/α,β-unsaturated/α-hetero) is 1. The highest BCUT2D eigenvalue weighted by molar-refractivity contribution is 6.32. The number of benzene rings is 3. The average Bonchev–Trinajstić information content (AvgIpc) is 2.77. The van der Waals surface area contributed by atoms with Crippen LogP contribution in [0.15, 0.2) is 78.9 Å². The van der Waals surface area contributed by atoms with Gasteiger partial charge < -0.3 is 5.11 Å². The van der Waals surface area contributed by atoms with Crippen LogP contribution in [0.4, 0.5) is 10.1 Å². The molecule has 0 aromatic heterocycles. The van der Waals surface area contributed by atoms with E-state index in [-0.39, 0.29) is 21.8 Å². The zero-order chi connectivity index (χ0) is 24.1. The Balaban J connectivity index is 2.24. The van der Waals surface area contributed by atoms with Crippen molar-refractivity contribution in [3.05, 3.63) is 111 Å². The molecule has 1 atom stereocenters. The molecule has 0 saturated carbocycles. The minimum Gasteiger partial charge on any atom is -0.478 e. The Kier molecular flexibility index (Phi) is 7.87. The van der Waals surface area contributed by atoms with E-state index < -0.39 is 29.5 Å². The minimum absolute atomic E-state index is 0.0868. The first-order valence-electron chi connectivity index (χ1n) is 9.42. The molecular formula is C24H15Cl3FNO4. The number of carboxylic acids is 1. The summed E-state index contributed by atoms with van der Waals surface area (Å²) in [6, 6.07) is 14.1. The topological polar surface area (TPSA) is 74.7 Å². The van der Waals surface area contributed by atoms with Crippen LogP contribution < -0.4 is 4.90 Å². The first-order valence-corrected chi connectivity index (χ1v) is 10.6. The van der Waals surface area contributed by atoms with Crippen LogP contribution in [-0.4, -0.2) is 22.8 Å². The number of aliphatic carboxylic acids is 1. The highest BCUT2D eigenvalue weighted by Crippen LogP contribution is 2.35. The van der Waals surface area contributed by atoms with Gasteiger partial charge in [0, 0.05) is 44.0 Å². The van der Waals surface area contributed by atoms with Crippen molar-refractivity contribution >= 4 is 58.1 Å². The van der Waals surface area contributed by atoms with E-state index >= 15 is 0 Å². The van der Waals surface area contributed by atoms with E-state index in [1.54, 1.807) is 0 Å². The van der Waals surface area contributed by atoms with Gasteiger partial charge in [0.25, 0.3) is 5.91 Å². The van der Waals surface area contributed by atoms with Crippen molar-refractivity contribution in [1.29, 1.82) is 0 Å². The lowest BCUT2D eigenvalue weighted by Gasteiger charge is -2.31. The Morgan fingerprint density at radius 3 is 1.97 bits per heavy atom. The molecule has 0 aliphatic carbocycles. The maximum atomic E-state index is 13.8. The molecule has 0 aliphatic rings. The molecule has 9 heteroatoms. The first kappa shape index (κ1) is 24.5. The highest BCUT2D eigenvalue weighted by atomic mass is 35.5. The van der Waals surface area contributed by atoms with Crippen LogP contribution in [0.1, 0.15) is 22.0 Å². The quantitative estimate of drug-likeness (QED) is 0.298. The van der Waals surface area contributed by atoms with Crippen molar-refractivity contribution in [2.45, 2.75) is 6.04 Å². The number of anilines is 1. The zero-order valence-corrected chi connectivity index (χ0v) is 19.0. The Labute approximate surface area is 203 Å². The summed E-state index contributed by atoms with van der Waals surface area (Å²) in [5, 5.41) is 9.67. The van der Waals surface area contributed by atoms with Crippen LogP contribution in [0.25, 0.3) is 0 Å². The second-order valence-corrected chi connectivity index (χ2v) is 8.08. The lowest BCUT2D eigenvalue weighted by molar-refractivity contribution is -0.131. The third-order valence-corrected chi connectivity index (χ3v) is 5.43. The van der Waals surface area contributed by atoms with Crippen LogP contribution in [0.2, 0.25) is 15.1 Å². The minimum atomic E-state index is -1.36. The molecule has 1 amide bonds. The molecule has 33 heavy (non-hydrogen) atoms. The Hall–Kier alpha value is -3.19. The summed E-state index contributed by atoms with van der Waals surface area (Å²) in [5.41, 5.74) is 0.593. The lowest BCUT2D eigenvalue weighted by Crippen LogP contribution is -2.38. The van der Waals surface area contributed by atoms with Crippen molar-refractivity contribution in [3.8, 4) is 0 Å². The molecule has 0 bridgehead atoms. The highest BCUT2D eigenvalue weighted by Gasteiger charge is 2.34. The predicted molar refractivity (Wildman–Crippen MR) is 126 cm³/mol. The summed E-state index contributed by atoms with van der Waals surface area (Å²) in [7, 11) is 0. The molecular weight excluding hydrogens is 492 g/mol. The molecule has 0 spiro atoms. The summed E-state index contributed by atoms with van der Waals surface area (Å²) in [5.74, 6) is -3.34. The van der Waals surface area contributed by atoms with E-state index in [9.17, 15) is 18.8 Å². The van der Waals surface area contributed by atoms with E-state index in [1.807, 2.05) is 0 Å². The van der Waals surface area contributed by atoms with E-state index in [1.165, 1.54) is 54.6 Å². The van der Waals surface area contributed by atoms with Crippen LogP contribution in [0.3, 0.4) is 0 Å². The SMILES string of the molecule is O=C(O)/C=C/C(=O)N(c1ccc(Cl)cc1)C(C(=O)c1ccc(Cl)cc1)c1ccc(F)cc1Cl. The Morgan fingerprint density at radius 1 is 0.848 bits per heavy atom. The second-order valence-electron chi connectivity index (χ2n) is 6.80. The van der Waals surface area contributed by atoms with Gasteiger partial charge >= 0.3 is 5.97 Å². The molecule has 0 saturated heterocycles. The number of hydrogen-bond acceptors (Lipinski definition) is 3. The fraction of sp³-hybridized carbons (Fsp3) is 0.0417. The van der Waals surface area contributed by atoms with Gasteiger partial charge in [-0.05, 0) is 60.7 Å². The van der Waals surface area contributed by atoms with Crippen molar-refractivity contribution in [2.24, 2.45) is 0 Å². The summed E-state index contributed by atoms with van der Waals surface area (Å²) in [6.45, 7) is 0. The van der Waals surface area contributed by atoms with Gasteiger partial charge in [-0.15, -0.1) is 0 Å². The molecule has 3 rings (SSSR count). The number of hydrogen-bond donors (Lipinski definition) is 1. The van der Waals surface area contributed by atoms with Crippen molar-refractivity contribution in [1.82, 2.24) is 0 Å². The van der Waals surface area contributed by atoms with E-state index in [0.717, 1.165) is 23.1 Å². The fourth-order valence-corrected chi connectivity index (χ4v) is 3.64. The third kappa shape index (κ3) is 5.99. The van der Waals surface area contributed by atoms with E-state index in [4.69, 9.17) is 39.9 Å². The van der Waals surface area contributed by atoms with Gasteiger partial charge in [0.15, 0.2) is 5.78 Å². The molecule has 0 aliphatic heterocycles. The van der Waals surface area contributed by atoms with Crippen molar-refractivity contribution < 1.29 is 23.9 Å². The number of halogens is 4. The Bertz CT molecular complexity index is 1230. The molecule has 168 valence electrons. The maximum Gasteiger partial charge on any atom is 0.328 e. The van der Waals surface area contributed by atoms with Gasteiger partial charge in [-0.1, -0.05) is 40.9 Å². The van der Waals surface area contributed by atoms with Gasteiger partial charge in [-0.2, -0.15) is 0 Å². The normalized spacial score (nSPS) is 11.9. The summed E-state index contributed by atoms with van der Waals surface area (Å²) >= 11 is 18.2. The van der Waals surface area contributed by atoms with Crippen LogP contribution in [0.5, 0.6) is 0 Å². The van der Waals surface area contributed by atoms with E-state index in [0.29, 0.717) is 16.1 Å². The number of carbonyl (C=O) groups is 3. The molecule has 3 aromatic carbocycles. The van der Waals surface area contributed by atoms with Gasteiger partial charge in [0.1, 0.15) is 11.9 Å². The second kappa shape index (κ2) is 10.6. The van der Waals surface area contributed by atoms with Gasteiger partial charge in [-0.25, -0.2) is 9.18 Å². The number of nitrogens with zero attached hydrogens (tertiary/aromatic N) is 1. The first-order chi connectivity index (χ1) is 15.7. The summed E-state index contributed by atoms with van der Waals surface area (Å²) in [6.07, 6.45) is 1.47. The maximum absolute atomic E-state index is 13.8. The molecule has 0 heterocycles. The summed E-state index contributed by atoms with van der Waals surface area (Å²) in [4.78, 5) is 38.9. The smallest absolute Gasteiger partial charge is 0.328 e. The van der Waals surface area contributed by atoms with Crippen molar-refractivity contribution in [2.75, 3.05) is 4.90 Å². The fourth-order valence-electron chi connectivity index (χ4n) is 3.12. The molecule has 0 fully saturated rings. The molecule has 1 unspecified atom stereocenters. The molecule has 0 radical (unpaired) electrons. The summed E-state index contributed by atoms with van der Waals surface area (Å²) < 4.78 is 13.8. The average molecular weight is 507 g/mol. The van der Waals surface area contributed by atoms with Crippen LogP contribution in [0, 0.1) is 5.82 Å². The van der Waals surface area contributed by atoms with Gasteiger partial charge in [-0.3, -0.25) is 14.5 Å². The molecule has 5 nitrogen and oxygen atoms in total. The number of carbonyl (C=O) groups excluding carboxylic acids is 2. The van der Waals surface area contributed by atoms with Crippen LogP contribution >= 0.6 is 34.8 Å². The standard InChI is InChI=1S/C24H15Cl3FNO4/c25-15-3-1-14(2-4-15)24(33)23(19-10-7-17(28)13-20(19)27)29(21(30)11-12-22(31)32)18-8-5-16(26)6-9-18/h1-13,23H,(H,31,32)/b12-11+. The van der Waals surface area contributed by atoms with Crippen LogP contribution in [-0.2, 0) is 9.59 Å². The zero-order valence-electron chi connectivity index (χ0n) is 16.7. The number of rotatable bonds is 7. The van der Waals surface area contributed by atoms with E-state index in [2.05, 4.69) is 0 Å². The molecule has 1 N–H and O–H groups in total. The third-order valence-electron chi connectivity index (χ3n) is 4.60. The number of amides is 1. The van der Waals surface area contributed by atoms with Gasteiger partial charge in [0.05, 0.1) is 0 Å². The Morgan fingerprint density at radius 2 is 1.42 bits per heavy atom. The number of ketones is 1. The monoisotopic (exact) mass is 505 g/mol. The molecule has 3 aromatic rings. The number of carboxylic acid groups (broad SMARTS) is 1. The van der Waals surface area contributed by atoms with Crippen molar-refractivity contribution in [3.63, 3.8) is 0 Å².